The van der Waals surface area contributed by atoms with Crippen molar-refractivity contribution in [3.63, 3.8) is 0 Å². The molecule has 3 N–H and O–H groups in total. The lowest BCUT2D eigenvalue weighted by Crippen LogP contribution is -2.38. The highest BCUT2D eigenvalue weighted by Crippen LogP contribution is 2.13. The second kappa shape index (κ2) is 5.16. The Morgan fingerprint density at radius 2 is 1.94 bits per heavy atom. The van der Waals surface area contributed by atoms with E-state index in [1.807, 2.05) is 0 Å². The molecule has 16 heavy (non-hydrogen) atoms. The van der Waals surface area contributed by atoms with Crippen LogP contribution >= 0.6 is 0 Å². The highest BCUT2D eigenvalue weighted by atomic mass is 16.4. The van der Waals surface area contributed by atoms with Crippen LogP contribution in [-0.2, 0) is 4.79 Å². The van der Waals surface area contributed by atoms with E-state index in [1.165, 1.54) is 6.92 Å². The number of carbonyl (C=O) groups is 2. The molecule has 0 bridgehead atoms. The molecule has 86 valence electrons. The summed E-state index contributed by atoms with van der Waals surface area (Å²) in [4.78, 5) is 22.3. The Morgan fingerprint density at radius 3 is 2.50 bits per heavy atom. The lowest BCUT2D eigenvalue weighted by atomic mass is 10.1. The molecule has 0 aliphatic heterocycles. The first-order valence-electron chi connectivity index (χ1n) is 4.86. The fraction of sp³-hybridized carbons (Fsp3) is 0.273. The van der Waals surface area contributed by atoms with Crippen LogP contribution in [-0.4, -0.2) is 30.1 Å². The first kappa shape index (κ1) is 12.0. The zero-order valence-corrected chi connectivity index (χ0v) is 9.15. The molecule has 0 heterocycles. The average molecular weight is 222 g/mol. The monoisotopic (exact) mass is 222 g/mol. The molecule has 1 unspecified atom stereocenters. The van der Waals surface area contributed by atoms with E-state index in [2.05, 4.69) is 10.6 Å². The molecule has 0 spiro atoms. The molecule has 0 saturated heterocycles. The maximum Gasteiger partial charge on any atom is 0.325 e. The van der Waals surface area contributed by atoms with Gasteiger partial charge in [0.15, 0.2) is 0 Å². The Hall–Kier alpha value is -2.04. The second-order valence-corrected chi connectivity index (χ2v) is 3.33. The van der Waals surface area contributed by atoms with Gasteiger partial charge in [0.25, 0.3) is 5.91 Å². The Kier molecular flexibility index (Phi) is 3.88. The number of rotatable bonds is 4. The lowest BCUT2D eigenvalue weighted by Gasteiger charge is -2.12. The Balaban J connectivity index is 2.84. The SMILES string of the molecule is CNc1ccccc1C(=O)NC(C)C(=O)O. The van der Waals surface area contributed by atoms with Crippen LogP contribution in [0.1, 0.15) is 17.3 Å². The van der Waals surface area contributed by atoms with Crippen molar-refractivity contribution in [3.05, 3.63) is 29.8 Å². The summed E-state index contributed by atoms with van der Waals surface area (Å²) < 4.78 is 0. The molecule has 0 radical (unpaired) electrons. The number of carboxylic acids is 1. The van der Waals surface area contributed by atoms with Crippen LogP contribution in [0, 0.1) is 0 Å². The van der Waals surface area contributed by atoms with Crippen molar-refractivity contribution in [2.24, 2.45) is 0 Å². The summed E-state index contributed by atoms with van der Waals surface area (Å²) in [5.74, 6) is -1.46. The normalized spacial score (nSPS) is 11.6. The fourth-order valence-electron chi connectivity index (χ4n) is 1.24. The van der Waals surface area contributed by atoms with Gasteiger partial charge in [0, 0.05) is 12.7 Å². The van der Waals surface area contributed by atoms with E-state index in [4.69, 9.17) is 5.11 Å². The molecule has 1 amide bonds. The molecule has 5 heteroatoms. The third kappa shape index (κ3) is 2.73. The van der Waals surface area contributed by atoms with Crippen LogP contribution < -0.4 is 10.6 Å². The van der Waals surface area contributed by atoms with E-state index in [1.54, 1.807) is 31.3 Å². The average Bonchev–Trinajstić information content (AvgIpc) is 2.28. The second-order valence-electron chi connectivity index (χ2n) is 3.33. The Labute approximate surface area is 93.5 Å². The quantitative estimate of drug-likeness (QED) is 0.708. The van der Waals surface area contributed by atoms with E-state index in [0.717, 1.165) is 0 Å². The number of aliphatic carboxylic acids is 1. The number of hydrogen-bond donors (Lipinski definition) is 3. The summed E-state index contributed by atoms with van der Waals surface area (Å²) in [6.07, 6.45) is 0. The van der Waals surface area contributed by atoms with Crippen molar-refractivity contribution in [3.8, 4) is 0 Å². The smallest absolute Gasteiger partial charge is 0.325 e. The van der Waals surface area contributed by atoms with Crippen LogP contribution in [0.4, 0.5) is 5.69 Å². The third-order valence-electron chi connectivity index (χ3n) is 2.16. The van der Waals surface area contributed by atoms with Gasteiger partial charge < -0.3 is 15.7 Å². The van der Waals surface area contributed by atoms with Gasteiger partial charge in [-0.2, -0.15) is 0 Å². The highest BCUT2D eigenvalue weighted by molar-refractivity contribution is 6.01. The summed E-state index contributed by atoms with van der Waals surface area (Å²) >= 11 is 0. The van der Waals surface area contributed by atoms with Crippen LogP contribution in [0.2, 0.25) is 0 Å². The molecule has 0 aliphatic rings. The van der Waals surface area contributed by atoms with Crippen molar-refractivity contribution in [1.82, 2.24) is 5.32 Å². The first-order valence-corrected chi connectivity index (χ1v) is 4.86. The van der Waals surface area contributed by atoms with Gasteiger partial charge in [-0.25, -0.2) is 0 Å². The number of nitrogens with one attached hydrogen (secondary N) is 2. The molecule has 1 aromatic rings. The van der Waals surface area contributed by atoms with Gasteiger partial charge in [0.05, 0.1) is 5.56 Å². The zero-order chi connectivity index (χ0) is 12.1. The lowest BCUT2D eigenvalue weighted by molar-refractivity contribution is -0.138. The van der Waals surface area contributed by atoms with E-state index >= 15 is 0 Å². The van der Waals surface area contributed by atoms with E-state index < -0.39 is 17.9 Å². The van der Waals surface area contributed by atoms with Gasteiger partial charge in [0.2, 0.25) is 0 Å². The third-order valence-corrected chi connectivity index (χ3v) is 2.16. The molecular weight excluding hydrogens is 208 g/mol. The summed E-state index contributed by atoms with van der Waals surface area (Å²) in [5.41, 5.74) is 1.09. The molecule has 0 aliphatic carbocycles. The van der Waals surface area contributed by atoms with Gasteiger partial charge in [-0.05, 0) is 19.1 Å². The van der Waals surface area contributed by atoms with Gasteiger partial charge >= 0.3 is 5.97 Å². The number of anilines is 1. The highest BCUT2D eigenvalue weighted by Gasteiger charge is 2.16. The number of para-hydroxylation sites is 1. The molecule has 5 nitrogen and oxygen atoms in total. The predicted molar refractivity (Wildman–Crippen MR) is 60.6 cm³/mol. The van der Waals surface area contributed by atoms with Gasteiger partial charge in [-0.3, -0.25) is 9.59 Å². The maximum atomic E-state index is 11.7. The van der Waals surface area contributed by atoms with Crippen molar-refractivity contribution in [2.45, 2.75) is 13.0 Å². The Morgan fingerprint density at radius 1 is 1.31 bits per heavy atom. The van der Waals surface area contributed by atoms with Gasteiger partial charge in [-0.1, -0.05) is 12.1 Å². The van der Waals surface area contributed by atoms with Gasteiger partial charge in [-0.15, -0.1) is 0 Å². The largest absolute Gasteiger partial charge is 0.480 e. The van der Waals surface area contributed by atoms with Crippen LogP contribution in [0.3, 0.4) is 0 Å². The van der Waals surface area contributed by atoms with Crippen molar-refractivity contribution in [2.75, 3.05) is 12.4 Å². The molecule has 0 fully saturated rings. The Bertz CT molecular complexity index is 404. The standard InChI is InChI=1S/C11H14N2O3/c1-7(11(15)16)13-10(14)8-5-3-4-6-9(8)12-2/h3-7,12H,1-2H3,(H,13,14)(H,15,16). The molecule has 1 rings (SSSR count). The van der Waals surface area contributed by atoms with Crippen LogP contribution in [0.15, 0.2) is 24.3 Å². The predicted octanol–water partition coefficient (Wildman–Crippen LogP) is 0.931. The minimum atomic E-state index is -1.06. The van der Waals surface area contributed by atoms with Crippen molar-refractivity contribution in [1.29, 1.82) is 0 Å². The van der Waals surface area contributed by atoms with Crippen LogP contribution in [0.25, 0.3) is 0 Å². The van der Waals surface area contributed by atoms with Crippen LogP contribution in [0.5, 0.6) is 0 Å². The summed E-state index contributed by atoms with van der Waals surface area (Å²) in [7, 11) is 1.70. The van der Waals surface area contributed by atoms with Crippen molar-refractivity contribution < 1.29 is 14.7 Å². The van der Waals surface area contributed by atoms with E-state index in [9.17, 15) is 9.59 Å². The molecule has 1 aromatic carbocycles. The summed E-state index contributed by atoms with van der Waals surface area (Å²) in [5, 5.41) is 13.9. The summed E-state index contributed by atoms with van der Waals surface area (Å²) in [6, 6.07) is 6.00. The minimum Gasteiger partial charge on any atom is -0.480 e. The molecule has 1 atom stereocenters. The number of carbonyl (C=O) groups excluding carboxylic acids is 1. The summed E-state index contributed by atoms with van der Waals surface area (Å²) in [6.45, 7) is 1.42. The maximum absolute atomic E-state index is 11.7. The van der Waals surface area contributed by atoms with E-state index in [-0.39, 0.29) is 0 Å². The topological polar surface area (TPSA) is 78.4 Å². The number of benzene rings is 1. The van der Waals surface area contributed by atoms with Gasteiger partial charge in [0.1, 0.15) is 6.04 Å². The number of amides is 1. The molecule has 0 aromatic heterocycles. The number of carboxylic acid groups (broad SMARTS) is 1. The minimum absolute atomic E-state index is 0.403. The zero-order valence-electron chi connectivity index (χ0n) is 9.15. The molecular formula is C11H14N2O3. The van der Waals surface area contributed by atoms with E-state index in [0.29, 0.717) is 11.3 Å². The fourth-order valence-corrected chi connectivity index (χ4v) is 1.24. The van der Waals surface area contributed by atoms with Crippen molar-refractivity contribution >= 4 is 17.6 Å². The molecule has 0 saturated carbocycles. The first-order chi connectivity index (χ1) is 7.56. The number of hydrogen-bond acceptors (Lipinski definition) is 3.